The number of aliphatic carboxylic acids is 1. The first-order chi connectivity index (χ1) is 9.69. The number of ether oxygens (including phenoxy) is 2. The van der Waals surface area contributed by atoms with E-state index in [0.717, 1.165) is 51.7 Å². The molecule has 4 aliphatic rings. The summed E-state index contributed by atoms with van der Waals surface area (Å²) in [5, 5.41) is 9.35. The molecule has 3 heterocycles. The van der Waals surface area contributed by atoms with Crippen LogP contribution in [0, 0.1) is 5.92 Å². The summed E-state index contributed by atoms with van der Waals surface area (Å²) in [7, 11) is 0. The molecule has 5 nitrogen and oxygen atoms in total. The fraction of sp³-hybridized carbons (Fsp3) is 0.933. The summed E-state index contributed by atoms with van der Waals surface area (Å²) in [6.45, 7) is 1.45. The van der Waals surface area contributed by atoms with Crippen molar-refractivity contribution in [1.29, 1.82) is 0 Å². The first-order valence-corrected chi connectivity index (χ1v) is 7.97. The number of carbonyl (C=O) groups is 1. The summed E-state index contributed by atoms with van der Waals surface area (Å²) < 4.78 is 11.6. The molecule has 0 amide bonds. The monoisotopic (exact) mass is 281 g/mol. The van der Waals surface area contributed by atoms with Crippen molar-refractivity contribution >= 4 is 5.97 Å². The minimum absolute atomic E-state index is 0.136. The maximum absolute atomic E-state index is 11.4. The van der Waals surface area contributed by atoms with E-state index in [1.54, 1.807) is 0 Å². The van der Waals surface area contributed by atoms with Crippen LogP contribution in [0.1, 0.15) is 44.9 Å². The first-order valence-electron chi connectivity index (χ1n) is 7.97. The van der Waals surface area contributed by atoms with E-state index in [4.69, 9.17) is 9.47 Å². The molecular formula is C15H23NO4. The average molecular weight is 281 g/mol. The molecule has 0 radical (unpaired) electrons. The molecule has 1 aliphatic carbocycles. The summed E-state index contributed by atoms with van der Waals surface area (Å²) in [5.74, 6) is -1.04. The standard InChI is InChI=1S/C15H23NO4/c17-14(18)12-9-11-1-2-13(12)16(11)10-3-5-15(6-4-10)19-7-8-20-15/h10-13H,1-9H2,(H,17,18). The van der Waals surface area contributed by atoms with Crippen LogP contribution in [0.2, 0.25) is 0 Å². The predicted molar refractivity (Wildman–Crippen MR) is 71.3 cm³/mol. The van der Waals surface area contributed by atoms with Crippen LogP contribution in [-0.4, -0.2) is 53.1 Å². The Morgan fingerprint density at radius 1 is 1.05 bits per heavy atom. The Labute approximate surface area is 119 Å². The Morgan fingerprint density at radius 2 is 1.75 bits per heavy atom. The fourth-order valence-corrected chi connectivity index (χ4v) is 4.99. The summed E-state index contributed by atoms with van der Waals surface area (Å²) in [6, 6.07) is 1.32. The van der Waals surface area contributed by atoms with Gasteiger partial charge in [0, 0.05) is 31.0 Å². The first kappa shape index (κ1) is 13.0. The van der Waals surface area contributed by atoms with Crippen LogP contribution in [-0.2, 0) is 14.3 Å². The van der Waals surface area contributed by atoms with Gasteiger partial charge in [0.2, 0.25) is 0 Å². The Bertz CT molecular complexity index is 397. The minimum Gasteiger partial charge on any atom is -0.481 e. The van der Waals surface area contributed by atoms with E-state index in [-0.39, 0.29) is 17.7 Å². The lowest BCUT2D eigenvalue weighted by Crippen LogP contribution is -2.47. The summed E-state index contributed by atoms with van der Waals surface area (Å²) in [5.41, 5.74) is 0. The van der Waals surface area contributed by atoms with Gasteiger partial charge in [-0.1, -0.05) is 0 Å². The maximum atomic E-state index is 11.4. The Hall–Kier alpha value is -0.650. The van der Waals surface area contributed by atoms with Crippen LogP contribution in [0.5, 0.6) is 0 Å². The fourth-order valence-electron chi connectivity index (χ4n) is 4.99. The van der Waals surface area contributed by atoms with Gasteiger partial charge < -0.3 is 14.6 Å². The minimum atomic E-state index is -0.600. The molecule has 20 heavy (non-hydrogen) atoms. The predicted octanol–water partition coefficient (Wildman–Crippen LogP) is 1.61. The van der Waals surface area contributed by atoms with Gasteiger partial charge >= 0.3 is 5.97 Å². The number of fused-ring (bicyclic) bond motifs is 2. The van der Waals surface area contributed by atoms with E-state index in [2.05, 4.69) is 4.90 Å². The van der Waals surface area contributed by atoms with E-state index < -0.39 is 5.97 Å². The highest BCUT2D eigenvalue weighted by Gasteiger charge is 2.53. The molecule has 0 aromatic rings. The lowest BCUT2D eigenvalue weighted by Gasteiger charge is -2.41. The van der Waals surface area contributed by atoms with E-state index in [1.807, 2.05) is 0 Å². The van der Waals surface area contributed by atoms with Crippen molar-refractivity contribution in [1.82, 2.24) is 4.90 Å². The van der Waals surface area contributed by atoms with Crippen LogP contribution in [0.3, 0.4) is 0 Å². The van der Waals surface area contributed by atoms with Crippen molar-refractivity contribution in [2.24, 2.45) is 5.92 Å². The van der Waals surface area contributed by atoms with Gasteiger partial charge in [0.25, 0.3) is 0 Å². The van der Waals surface area contributed by atoms with E-state index >= 15 is 0 Å². The molecule has 1 spiro atoms. The van der Waals surface area contributed by atoms with Crippen molar-refractivity contribution < 1.29 is 19.4 Å². The topological polar surface area (TPSA) is 59.0 Å². The van der Waals surface area contributed by atoms with Crippen molar-refractivity contribution in [2.75, 3.05) is 13.2 Å². The Morgan fingerprint density at radius 3 is 2.35 bits per heavy atom. The van der Waals surface area contributed by atoms with E-state index in [9.17, 15) is 9.90 Å². The molecule has 5 heteroatoms. The molecule has 3 aliphatic heterocycles. The molecule has 3 saturated heterocycles. The van der Waals surface area contributed by atoms with Gasteiger partial charge in [-0.05, 0) is 32.1 Å². The van der Waals surface area contributed by atoms with Gasteiger partial charge in [-0.15, -0.1) is 0 Å². The zero-order valence-electron chi connectivity index (χ0n) is 11.8. The van der Waals surface area contributed by atoms with Gasteiger partial charge in [-0.25, -0.2) is 0 Å². The lowest BCUT2D eigenvalue weighted by atomic mass is 9.88. The number of hydrogen-bond donors (Lipinski definition) is 1. The summed E-state index contributed by atoms with van der Waals surface area (Å²) in [6.07, 6.45) is 7.20. The maximum Gasteiger partial charge on any atom is 0.308 e. The number of carboxylic acids is 1. The van der Waals surface area contributed by atoms with Crippen LogP contribution in [0.25, 0.3) is 0 Å². The van der Waals surface area contributed by atoms with Gasteiger partial charge in [0.15, 0.2) is 5.79 Å². The quantitative estimate of drug-likeness (QED) is 0.833. The van der Waals surface area contributed by atoms with Gasteiger partial charge in [-0.2, -0.15) is 0 Å². The largest absolute Gasteiger partial charge is 0.481 e. The smallest absolute Gasteiger partial charge is 0.308 e. The molecule has 0 aromatic heterocycles. The molecule has 112 valence electrons. The molecule has 3 atom stereocenters. The van der Waals surface area contributed by atoms with Crippen molar-refractivity contribution in [2.45, 2.75) is 68.9 Å². The molecule has 2 bridgehead atoms. The molecule has 4 fully saturated rings. The third-order valence-corrected chi connectivity index (χ3v) is 5.86. The number of nitrogens with zero attached hydrogens (tertiary/aromatic N) is 1. The van der Waals surface area contributed by atoms with Crippen molar-refractivity contribution in [3.63, 3.8) is 0 Å². The third-order valence-electron chi connectivity index (χ3n) is 5.86. The van der Waals surface area contributed by atoms with Gasteiger partial charge in [-0.3, -0.25) is 9.69 Å². The zero-order chi connectivity index (χ0) is 13.7. The highest BCUT2D eigenvalue weighted by Crippen LogP contribution is 2.47. The van der Waals surface area contributed by atoms with Crippen molar-refractivity contribution in [3.05, 3.63) is 0 Å². The highest BCUT2D eigenvalue weighted by atomic mass is 16.7. The van der Waals surface area contributed by atoms with Crippen LogP contribution in [0.4, 0.5) is 0 Å². The number of rotatable bonds is 2. The van der Waals surface area contributed by atoms with Crippen LogP contribution < -0.4 is 0 Å². The SMILES string of the molecule is O=C(O)C1CC2CCC1N2C1CCC2(CC1)OCCO2. The summed E-state index contributed by atoms with van der Waals surface area (Å²) in [4.78, 5) is 13.9. The average Bonchev–Trinajstić information content (AvgIpc) is 3.15. The summed E-state index contributed by atoms with van der Waals surface area (Å²) >= 11 is 0. The Kier molecular flexibility index (Phi) is 3.05. The molecule has 3 unspecified atom stereocenters. The van der Waals surface area contributed by atoms with Gasteiger partial charge in [0.1, 0.15) is 0 Å². The second-order valence-corrected chi connectivity index (χ2v) is 6.76. The van der Waals surface area contributed by atoms with Crippen LogP contribution in [0.15, 0.2) is 0 Å². The molecule has 1 N–H and O–H groups in total. The second-order valence-electron chi connectivity index (χ2n) is 6.76. The molecular weight excluding hydrogens is 258 g/mol. The zero-order valence-corrected chi connectivity index (χ0v) is 11.8. The lowest BCUT2D eigenvalue weighted by molar-refractivity contribution is -0.184. The van der Waals surface area contributed by atoms with E-state index in [0.29, 0.717) is 12.1 Å². The van der Waals surface area contributed by atoms with Crippen LogP contribution >= 0.6 is 0 Å². The molecule has 4 rings (SSSR count). The van der Waals surface area contributed by atoms with Gasteiger partial charge in [0.05, 0.1) is 19.1 Å². The molecule has 1 saturated carbocycles. The number of carboxylic acid groups (broad SMARTS) is 1. The normalized spacial score (nSPS) is 40.7. The molecule has 0 aromatic carbocycles. The number of hydrogen-bond acceptors (Lipinski definition) is 4. The second kappa shape index (κ2) is 4.68. The third kappa shape index (κ3) is 1.90. The van der Waals surface area contributed by atoms with Crippen molar-refractivity contribution in [3.8, 4) is 0 Å². The Balaban J connectivity index is 1.43. The van der Waals surface area contributed by atoms with E-state index in [1.165, 1.54) is 6.42 Å². The highest BCUT2D eigenvalue weighted by molar-refractivity contribution is 5.71.